The van der Waals surface area contributed by atoms with Crippen molar-refractivity contribution in [1.82, 2.24) is 10.9 Å². The van der Waals surface area contributed by atoms with Crippen LogP contribution in [0.3, 0.4) is 0 Å². The number of hydrogen-bond acceptors (Lipinski definition) is 3. The second kappa shape index (κ2) is 4.18. The molecular formula is C4H11N3OS. The highest BCUT2D eigenvalue weighted by atomic mass is 32.3. The van der Waals surface area contributed by atoms with E-state index in [4.69, 9.17) is 5.26 Å². The number of nitrogens with zero attached hydrogens (tertiary/aromatic N) is 1. The van der Waals surface area contributed by atoms with E-state index in [-0.39, 0.29) is 6.15 Å². The second-order valence-electron chi connectivity index (χ2n) is 1.65. The molecule has 4 nitrogen and oxygen atoms in total. The van der Waals surface area contributed by atoms with Crippen molar-refractivity contribution in [1.29, 1.82) is 5.26 Å². The first-order valence-corrected chi connectivity index (χ1v) is 4.42. The molecule has 0 heterocycles. The van der Waals surface area contributed by atoms with Crippen molar-refractivity contribution in [3.63, 3.8) is 0 Å². The molecule has 0 bridgehead atoms. The Morgan fingerprint density at radius 3 is 2.22 bits per heavy atom. The summed E-state index contributed by atoms with van der Waals surface area (Å²) in [7, 11) is -1.48. The third-order valence-corrected chi connectivity index (χ3v) is 1.71. The van der Waals surface area contributed by atoms with E-state index in [1.165, 1.54) is 0 Å². The predicted molar refractivity (Wildman–Crippen MR) is 39.3 cm³/mol. The molecule has 0 spiro atoms. The van der Waals surface area contributed by atoms with Crippen LogP contribution in [0.4, 0.5) is 0 Å². The predicted octanol–water partition coefficient (Wildman–Crippen LogP) is 0.355. The van der Waals surface area contributed by atoms with Crippen molar-refractivity contribution in [2.24, 2.45) is 0 Å². The summed E-state index contributed by atoms with van der Waals surface area (Å²) in [6.07, 6.45) is 3.97. The van der Waals surface area contributed by atoms with E-state index in [9.17, 15) is 4.79 Å². The lowest BCUT2D eigenvalue weighted by Gasteiger charge is -2.18. The zero-order valence-electron chi connectivity index (χ0n) is 5.55. The fourth-order valence-corrected chi connectivity index (χ4v) is 0.440. The summed E-state index contributed by atoms with van der Waals surface area (Å²) in [6.45, 7) is 0. The van der Waals surface area contributed by atoms with Gasteiger partial charge in [0, 0.05) is 0 Å². The molecule has 54 valence electrons. The Morgan fingerprint density at radius 2 is 2.11 bits per heavy atom. The van der Waals surface area contributed by atoms with Crippen LogP contribution < -0.4 is 10.9 Å². The SMILES string of the molecule is CS(C)(C#N)NC=O.N. The Labute approximate surface area is 56.3 Å². The highest BCUT2D eigenvalue weighted by Crippen LogP contribution is 2.30. The minimum absolute atomic E-state index is 0. The number of carbonyl (C=O) groups is 1. The second-order valence-corrected chi connectivity index (χ2v) is 4.73. The van der Waals surface area contributed by atoms with Crippen LogP contribution in [0, 0.1) is 10.7 Å². The number of carbonyl (C=O) groups excluding carboxylic acids is 1. The van der Waals surface area contributed by atoms with E-state index >= 15 is 0 Å². The zero-order valence-corrected chi connectivity index (χ0v) is 6.36. The monoisotopic (exact) mass is 149 g/mol. The van der Waals surface area contributed by atoms with Crippen LogP contribution in [0.25, 0.3) is 0 Å². The first kappa shape index (κ1) is 11.1. The van der Waals surface area contributed by atoms with Crippen LogP contribution in [-0.2, 0) is 4.79 Å². The van der Waals surface area contributed by atoms with Crippen LogP contribution >= 0.6 is 10.2 Å². The topological polar surface area (TPSA) is 87.9 Å². The molecule has 0 rings (SSSR count). The van der Waals surface area contributed by atoms with Crippen molar-refractivity contribution in [3.05, 3.63) is 0 Å². The van der Waals surface area contributed by atoms with E-state index in [1.807, 2.05) is 5.40 Å². The number of amides is 1. The van der Waals surface area contributed by atoms with E-state index in [0.717, 1.165) is 0 Å². The van der Waals surface area contributed by atoms with E-state index < -0.39 is 10.2 Å². The highest BCUT2D eigenvalue weighted by Gasteiger charge is 2.04. The van der Waals surface area contributed by atoms with Crippen LogP contribution in [0.1, 0.15) is 0 Å². The summed E-state index contributed by atoms with van der Waals surface area (Å²) in [5, 5.41) is 10.3. The third-order valence-electron chi connectivity index (χ3n) is 0.571. The molecule has 9 heavy (non-hydrogen) atoms. The summed E-state index contributed by atoms with van der Waals surface area (Å²) in [5.74, 6) is 0. The van der Waals surface area contributed by atoms with E-state index in [1.54, 1.807) is 12.5 Å². The molecule has 4 N–H and O–H groups in total. The molecule has 0 fully saturated rings. The van der Waals surface area contributed by atoms with Crippen molar-refractivity contribution in [3.8, 4) is 5.40 Å². The quantitative estimate of drug-likeness (QED) is 0.438. The molecule has 0 aromatic carbocycles. The van der Waals surface area contributed by atoms with Gasteiger partial charge in [0.1, 0.15) is 5.40 Å². The highest BCUT2D eigenvalue weighted by molar-refractivity contribution is 8.35. The summed E-state index contributed by atoms with van der Waals surface area (Å²) in [6, 6.07) is 0. The van der Waals surface area contributed by atoms with Crippen molar-refractivity contribution >= 4 is 16.6 Å². The van der Waals surface area contributed by atoms with Gasteiger partial charge in [-0.05, 0) is 12.5 Å². The number of nitrogens with one attached hydrogen (secondary N) is 1. The maximum atomic E-state index is 9.74. The van der Waals surface area contributed by atoms with Gasteiger partial charge >= 0.3 is 0 Å². The molecule has 0 aliphatic rings. The van der Waals surface area contributed by atoms with Crippen LogP contribution in [0.15, 0.2) is 0 Å². The van der Waals surface area contributed by atoms with Gasteiger partial charge in [0.05, 0.1) is 0 Å². The van der Waals surface area contributed by atoms with Crippen LogP contribution in [0.5, 0.6) is 0 Å². The Balaban J connectivity index is 0. The zero-order chi connectivity index (χ0) is 6.62. The van der Waals surface area contributed by atoms with Crippen molar-refractivity contribution in [2.75, 3.05) is 12.5 Å². The van der Waals surface area contributed by atoms with Gasteiger partial charge < -0.3 is 10.9 Å². The molecule has 0 saturated heterocycles. The Kier molecular flexibility index (Phi) is 5.16. The fraction of sp³-hybridized carbons (Fsp3) is 0.500. The number of nitriles is 1. The molecular weight excluding hydrogens is 138 g/mol. The van der Waals surface area contributed by atoms with E-state index in [0.29, 0.717) is 6.41 Å². The van der Waals surface area contributed by atoms with Gasteiger partial charge in [-0.2, -0.15) is 5.26 Å². The van der Waals surface area contributed by atoms with E-state index in [2.05, 4.69) is 4.72 Å². The first-order chi connectivity index (χ1) is 3.62. The van der Waals surface area contributed by atoms with Crippen LogP contribution in [0.2, 0.25) is 0 Å². The molecule has 0 atom stereocenters. The fourth-order valence-electron chi connectivity index (χ4n) is 0.147. The first-order valence-electron chi connectivity index (χ1n) is 1.97. The molecule has 0 aromatic heterocycles. The van der Waals surface area contributed by atoms with Crippen molar-refractivity contribution in [2.45, 2.75) is 0 Å². The molecule has 1 amide bonds. The van der Waals surface area contributed by atoms with Gasteiger partial charge in [-0.3, -0.25) is 4.79 Å². The summed E-state index contributed by atoms with van der Waals surface area (Å²) >= 11 is 0. The largest absolute Gasteiger partial charge is 0.344 e. The lowest BCUT2D eigenvalue weighted by atomic mass is 11.5. The summed E-state index contributed by atoms with van der Waals surface area (Å²) < 4.78 is 2.41. The third kappa shape index (κ3) is 5.14. The summed E-state index contributed by atoms with van der Waals surface area (Å²) in [4.78, 5) is 9.74. The average Bonchev–Trinajstić information content (AvgIpc) is 1.67. The van der Waals surface area contributed by atoms with Gasteiger partial charge in [0.25, 0.3) is 0 Å². The standard InChI is InChI=1S/C4H8N2OS.H3N/c1-8(2,3-5)6-4-7;/h4H,1-2H3,(H,6,7);1H3. The molecule has 5 heteroatoms. The lowest BCUT2D eigenvalue weighted by Crippen LogP contribution is -2.13. The molecule has 0 saturated carbocycles. The summed E-state index contributed by atoms with van der Waals surface area (Å²) in [5.41, 5.74) is 0. The smallest absolute Gasteiger partial charge is 0.216 e. The lowest BCUT2D eigenvalue weighted by molar-refractivity contribution is -0.107. The maximum Gasteiger partial charge on any atom is 0.216 e. The van der Waals surface area contributed by atoms with Gasteiger partial charge in [-0.1, -0.05) is 10.2 Å². The van der Waals surface area contributed by atoms with Gasteiger partial charge in [0.2, 0.25) is 6.41 Å². The molecule has 0 aliphatic heterocycles. The number of hydrogen-bond donors (Lipinski definition) is 2. The number of thiocyanates is 1. The minimum Gasteiger partial charge on any atom is -0.344 e. The van der Waals surface area contributed by atoms with Gasteiger partial charge in [-0.25, -0.2) is 0 Å². The molecule has 0 aliphatic carbocycles. The van der Waals surface area contributed by atoms with Gasteiger partial charge in [-0.15, -0.1) is 0 Å². The Morgan fingerprint density at radius 1 is 1.67 bits per heavy atom. The van der Waals surface area contributed by atoms with Crippen molar-refractivity contribution < 1.29 is 4.79 Å². The van der Waals surface area contributed by atoms with Gasteiger partial charge in [0.15, 0.2) is 0 Å². The maximum absolute atomic E-state index is 9.74. The Hall–Kier alpha value is -0.730. The normalized spacial score (nSPS) is 10.3. The Bertz CT molecular complexity index is 128. The minimum atomic E-state index is -1.48. The van der Waals surface area contributed by atoms with Crippen LogP contribution in [-0.4, -0.2) is 18.9 Å². The number of rotatable bonds is 2. The molecule has 0 unspecified atom stereocenters. The average molecular weight is 149 g/mol. The molecule has 0 aromatic rings. The molecule has 0 radical (unpaired) electrons.